The van der Waals surface area contributed by atoms with Crippen LogP contribution >= 0.6 is 0 Å². The second-order valence-corrected chi connectivity index (χ2v) is 12.1. The van der Waals surface area contributed by atoms with E-state index in [1.807, 2.05) is 66.7 Å². The molecular formula is C36H42N4O6. The van der Waals surface area contributed by atoms with Crippen molar-refractivity contribution < 1.29 is 28.9 Å². The van der Waals surface area contributed by atoms with Crippen LogP contribution in [0.15, 0.2) is 91.5 Å². The number of para-hydroxylation sites is 1. The Hall–Kier alpha value is -4.22. The summed E-state index contributed by atoms with van der Waals surface area (Å²) in [5, 5.41) is 15.4. The maximum atomic E-state index is 13.2. The Morgan fingerprint density at radius 3 is 2.39 bits per heavy atom. The number of hydrogen-bond donors (Lipinski definition) is 3. The maximum Gasteiger partial charge on any atom is 0.407 e. The van der Waals surface area contributed by atoms with E-state index >= 15 is 0 Å². The Kier molecular flexibility index (Phi) is 9.99. The highest BCUT2D eigenvalue weighted by Crippen LogP contribution is 2.40. The molecule has 3 fully saturated rings. The Balaban J connectivity index is 1.13. The van der Waals surface area contributed by atoms with Gasteiger partial charge in [-0.25, -0.2) is 4.79 Å². The molecule has 3 saturated heterocycles. The van der Waals surface area contributed by atoms with Crippen LogP contribution in [0.2, 0.25) is 0 Å². The number of rotatable bonds is 10. The molecule has 10 heteroatoms. The average molecular weight is 627 g/mol. The van der Waals surface area contributed by atoms with Gasteiger partial charge in [-0.15, -0.1) is 0 Å². The zero-order chi connectivity index (χ0) is 31.9. The Morgan fingerprint density at radius 2 is 1.70 bits per heavy atom. The number of amides is 2. The molecule has 10 nitrogen and oxygen atoms in total. The van der Waals surface area contributed by atoms with Crippen LogP contribution in [0.1, 0.15) is 53.9 Å². The molecule has 6 rings (SSSR count). The number of piperidine rings is 1. The molecule has 0 radical (unpaired) electrons. The van der Waals surface area contributed by atoms with Crippen molar-refractivity contribution >= 4 is 17.7 Å². The van der Waals surface area contributed by atoms with Crippen molar-refractivity contribution in [3.8, 4) is 0 Å². The summed E-state index contributed by atoms with van der Waals surface area (Å²) in [6, 6.07) is 25.9. The van der Waals surface area contributed by atoms with Crippen molar-refractivity contribution in [1.29, 1.82) is 0 Å². The number of aliphatic hydroxyl groups is 1. The number of aliphatic hydroxyl groups excluding tert-OH is 1. The van der Waals surface area contributed by atoms with E-state index in [0.717, 1.165) is 60.4 Å². The van der Waals surface area contributed by atoms with E-state index in [4.69, 9.17) is 14.2 Å². The van der Waals surface area contributed by atoms with E-state index in [9.17, 15) is 14.7 Å². The van der Waals surface area contributed by atoms with Crippen molar-refractivity contribution in [2.24, 2.45) is 0 Å². The lowest BCUT2D eigenvalue weighted by Crippen LogP contribution is -2.57. The molecule has 2 amide bonds. The molecule has 3 aliphatic rings. The molecule has 0 aliphatic carbocycles. The topological polar surface area (TPSA) is 113 Å². The van der Waals surface area contributed by atoms with Gasteiger partial charge in [0.2, 0.25) is 5.91 Å². The lowest BCUT2D eigenvalue weighted by molar-refractivity contribution is -0.253. The summed E-state index contributed by atoms with van der Waals surface area (Å²) in [5.41, 5.74) is 4.23. The first kappa shape index (κ1) is 31.7. The highest BCUT2D eigenvalue weighted by Gasteiger charge is 2.50. The van der Waals surface area contributed by atoms with Crippen LogP contribution in [0.4, 0.5) is 10.5 Å². The molecule has 0 unspecified atom stereocenters. The Labute approximate surface area is 269 Å². The minimum atomic E-state index is -0.578. The van der Waals surface area contributed by atoms with E-state index in [2.05, 4.69) is 39.1 Å². The van der Waals surface area contributed by atoms with Crippen LogP contribution in [0.3, 0.4) is 0 Å². The molecular weight excluding hydrogens is 584 g/mol. The van der Waals surface area contributed by atoms with Crippen molar-refractivity contribution in [3.63, 3.8) is 0 Å². The van der Waals surface area contributed by atoms with E-state index < -0.39 is 17.9 Å². The zero-order valence-electron chi connectivity index (χ0n) is 26.0. The lowest BCUT2D eigenvalue weighted by Gasteiger charge is -2.45. The van der Waals surface area contributed by atoms with Gasteiger partial charge in [-0.3, -0.25) is 4.79 Å². The summed E-state index contributed by atoms with van der Waals surface area (Å²) < 4.78 is 18.1. The van der Waals surface area contributed by atoms with Gasteiger partial charge in [0.15, 0.2) is 6.29 Å². The molecule has 1 spiro atoms. The number of benzene rings is 3. The predicted molar refractivity (Wildman–Crippen MR) is 174 cm³/mol. The van der Waals surface area contributed by atoms with Gasteiger partial charge >= 0.3 is 6.09 Å². The number of likely N-dealkylation sites (tertiary alicyclic amines) is 1. The number of anilines is 1. The summed E-state index contributed by atoms with van der Waals surface area (Å²) in [5.74, 6) is 0.108. The third-order valence-corrected chi connectivity index (χ3v) is 9.19. The number of carbonyl (C=O) groups excluding carboxylic acids is 2. The fourth-order valence-corrected chi connectivity index (χ4v) is 6.61. The number of nitrogens with one attached hydrogen (secondary N) is 2. The second kappa shape index (κ2) is 14.5. The molecule has 3 N–H and O–H groups in total. The van der Waals surface area contributed by atoms with E-state index in [-0.39, 0.29) is 31.3 Å². The number of ether oxygens (including phenoxy) is 3. The lowest BCUT2D eigenvalue weighted by atomic mass is 9.85. The number of carbonyl (C=O) groups is 2. The summed E-state index contributed by atoms with van der Waals surface area (Å²) in [7, 11) is 0. The second-order valence-electron chi connectivity index (χ2n) is 12.1. The van der Waals surface area contributed by atoms with Gasteiger partial charge in [0, 0.05) is 43.9 Å². The van der Waals surface area contributed by atoms with Gasteiger partial charge in [-0.1, -0.05) is 79.4 Å². The van der Waals surface area contributed by atoms with Crippen LogP contribution in [0, 0.1) is 0 Å². The third kappa shape index (κ3) is 7.10. The van der Waals surface area contributed by atoms with Crippen molar-refractivity contribution in [3.05, 3.63) is 114 Å². The van der Waals surface area contributed by atoms with Crippen molar-refractivity contribution in [2.75, 3.05) is 37.8 Å². The molecule has 3 aromatic rings. The summed E-state index contributed by atoms with van der Waals surface area (Å²) in [6.07, 6.45) is 2.32. The van der Waals surface area contributed by atoms with Crippen LogP contribution in [-0.2, 0) is 32.2 Å². The van der Waals surface area contributed by atoms with Crippen LogP contribution in [0.5, 0.6) is 0 Å². The van der Waals surface area contributed by atoms with Gasteiger partial charge in [-0.2, -0.15) is 0 Å². The molecule has 3 heterocycles. The van der Waals surface area contributed by atoms with Gasteiger partial charge in [-0.05, 0) is 41.7 Å². The zero-order valence-corrected chi connectivity index (χ0v) is 26.0. The number of alkyl carbamates (subject to hydrolysis) is 1. The first-order valence-electron chi connectivity index (χ1n) is 15.9. The quantitative estimate of drug-likeness (QED) is 0.281. The standard InChI is InChI=1S/C36H42N4O6/c1-2-20-44-35(43)37-22-26-8-14-29(15-9-26)33-45-31(21-32(46-33)28-12-10-27(24-41)11-13-28)23-39-18-16-36(17-19-39)34(42)38-25-40(36)30-6-4-3-5-7-30/h2-15,31-33,41H,1,16-25H2,(H,37,43)(H,38,42)/t31-,32+,33+/m0/s1. The Bertz CT molecular complexity index is 1470. The van der Waals surface area contributed by atoms with Crippen LogP contribution < -0.4 is 15.5 Å². The van der Waals surface area contributed by atoms with Gasteiger partial charge in [0.1, 0.15) is 12.1 Å². The van der Waals surface area contributed by atoms with Crippen molar-refractivity contribution in [1.82, 2.24) is 15.5 Å². The van der Waals surface area contributed by atoms with E-state index in [0.29, 0.717) is 19.6 Å². The first-order valence-corrected chi connectivity index (χ1v) is 15.9. The monoisotopic (exact) mass is 626 g/mol. The van der Waals surface area contributed by atoms with E-state index in [1.165, 1.54) is 6.08 Å². The predicted octanol–water partition coefficient (Wildman–Crippen LogP) is 4.57. The largest absolute Gasteiger partial charge is 0.445 e. The molecule has 0 aromatic heterocycles. The van der Waals surface area contributed by atoms with Gasteiger partial charge in [0.25, 0.3) is 0 Å². The minimum Gasteiger partial charge on any atom is -0.445 e. The fourth-order valence-electron chi connectivity index (χ4n) is 6.61. The maximum absolute atomic E-state index is 13.2. The minimum absolute atomic E-state index is 0.0104. The normalized spacial score (nSPS) is 22.8. The van der Waals surface area contributed by atoms with Gasteiger partial charge < -0.3 is 39.8 Å². The molecule has 3 aliphatic heterocycles. The van der Waals surface area contributed by atoms with Crippen LogP contribution in [-0.4, -0.2) is 66.6 Å². The number of nitrogens with zero attached hydrogens (tertiary/aromatic N) is 2. The highest BCUT2D eigenvalue weighted by molar-refractivity contribution is 5.93. The molecule has 46 heavy (non-hydrogen) atoms. The van der Waals surface area contributed by atoms with Gasteiger partial charge in [0.05, 0.1) is 25.5 Å². The molecule has 3 aromatic carbocycles. The SMILES string of the molecule is C=CCOC(=O)NCc1ccc([C@@H]2O[C@H](CN3CCC4(CC3)C(=O)NCN4c3ccccc3)C[C@H](c3ccc(CO)cc3)O2)cc1. The molecule has 0 saturated carbocycles. The van der Waals surface area contributed by atoms with Crippen LogP contribution in [0.25, 0.3) is 0 Å². The fraction of sp³-hybridized carbons (Fsp3) is 0.389. The molecule has 242 valence electrons. The average Bonchev–Trinajstić information content (AvgIpc) is 3.42. The summed E-state index contributed by atoms with van der Waals surface area (Å²) in [6.45, 7) is 6.86. The number of hydrogen-bond acceptors (Lipinski definition) is 8. The van der Waals surface area contributed by atoms with E-state index in [1.54, 1.807) is 0 Å². The molecule has 0 bridgehead atoms. The third-order valence-electron chi connectivity index (χ3n) is 9.19. The highest BCUT2D eigenvalue weighted by atomic mass is 16.7. The summed E-state index contributed by atoms with van der Waals surface area (Å²) in [4.78, 5) is 29.6. The molecule has 3 atom stereocenters. The summed E-state index contributed by atoms with van der Waals surface area (Å²) >= 11 is 0. The Morgan fingerprint density at radius 1 is 1.00 bits per heavy atom. The van der Waals surface area contributed by atoms with Crippen molar-refractivity contribution in [2.45, 2.75) is 56.5 Å². The smallest absolute Gasteiger partial charge is 0.407 e. The first-order chi connectivity index (χ1) is 22.5.